The molecule has 6 nitrogen and oxygen atoms in total. The van der Waals surface area contributed by atoms with Gasteiger partial charge in [-0.2, -0.15) is 0 Å². The Bertz CT molecular complexity index is 549. The molecule has 0 fully saturated rings. The van der Waals surface area contributed by atoms with Crippen molar-refractivity contribution in [2.75, 3.05) is 6.54 Å². The van der Waals surface area contributed by atoms with Gasteiger partial charge in [-0.3, -0.25) is 0 Å². The van der Waals surface area contributed by atoms with Crippen molar-refractivity contribution in [2.24, 2.45) is 0 Å². The van der Waals surface area contributed by atoms with Crippen molar-refractivity contribution in [2.45, 2.75) is 37.7 Å². The standard InChI is InChI=1S/C11H17NO5S2/c1-3-8(13)4-5-12-19(16,17)10-6-9(11(14)15)18-7(10)2/h6,8,12-13H,3-5H2,1-2H3,(H,14,15). The van der Waals surface area contributed by atoms with Gasteiger partial charge in [-0.15, -0.1) is 11.3 Å². The molecule has 0 saturated carbocycles. The molecule has 1 aromatic rings. The summed E-state index contributed by atoms with van der Waals surface area (Å²) in [4.78, 5) is 11.2. The maximum absolute atomic E-state index is 12.0. The number of aliphatic hydroxyl groups is 1. The van der Waals surface area contributed by atoms with Crippen LogP contribution in [0.3, 0.4) is 0 Å². The van der Waals surface area contributed by atoms with Crippen LogP contribution in [0.2, 0.25) is 0 Å². The van der Waals surface area contributed by atoms with Gasteiger partial charge in [0.15, 0.2) is 0 Å². The molecular weight excluding hydrogens is 290 g/mol. The Labute approximate surface area is 116 Å². The molecule has 0 saturated heterocycles. The average Bonchev–Trinajstić information content (AvgIpc) is 2.71. The molecule has 1 rings (SSSR count). The molecule has 1 aromatic heterocycles. The van der Waals surface area contributed by atoms with E-state index >= 15 is 0 Å². The number of aromatic carboxylic acids is 1. The Kier molecular flexibility index (Phi) is 5.48. The van der Waals surface area contributed by atoms with Crippen LogP contribution in [0.4, 0.5) is 0 Å². The quantitative estimate of drug-likeness (QED) is 0.702. The van der Waals surface area contributed by atoms with E-state index in [1.807, 2.05) is 0 Å². The molecule has 0 spiro atoms. The number of hydrogen-bond donors (Lipinski definition) is 3. The van der Waals surface area contributed by atoms with E-state index in [0.717, 1.165) is 17.4 Å². The lowest BCUT2D eigenvalue weighted by Gasteiger charge is -2.09. The Hall–Kier alpha value is -0.960. The lowest BCUT2D eigenvalue weighted by molar-refractivity contribution is 0.0702. The minimum Gasteiger partial charge on any atom is -0.477 e. The Balaban J connectivity index is 2.80. The summed E-state index contributed by atoms with van der Waals surface area (Å²) in [5, 5.41) is 18.2. The van der Waals surface area contributed by atoms with Crippen molar-refractivity contribution in [3.8, 4) is 0 Å². The highest BCUT2D eigenvalue weighted by atomic mass is 32.2. The van der Waals surface area contributed by atoms with Gasteiger partial charge in [0.25, 0.3) is 0 Å². The summed E-state index contributed by atoms with van der Waals surface area (Å²) in [5.41, 5.74) is 0. The van der Waals surface area contributed by atoms with Crippen LogP contribution >= 0.6 is 11.3 Å². The molecule has 108 valence electrons. The first-order valence-corrected chi connectivity index (χ1v) is 8.09. The zero-order chi connectivity index (χ0) is 14.6. The number of aryl methyl sites for hydroxylation is 1. The second-order valence-electron chi connectivity index (χ2n) is 4.08. The van der Waals surface area contributed by atoms with Gasteiger partial charge in [-0.25, -0.2) is 17.9 Å². The molecule has 1 atom stereocenters. The highest BCUT2D eigenvalue weighted by Gasteiger charge is 2.21. The number of sulfonamides is 1. The summed E-state index contributed by atoms with van der Waals surface area (Å²) in [7, 11) is -3.72. The SMILES string of the molecule is CCC(O)CCNS(=O)(=O)c1cc(C(=O)O)sc1C. The van der Waals surface area contributed by atoms with Gasteiger partial charge in [0.1, 0.15) is 4.88 Å². The molecule has 8 heteroatoms. The van der Waals surface area contributed by atoms with Crippen LogP contribution in [0.5, 0.6) is 0 Å². The van der Waals surface area contributed by atoms with E-state index in [0.29, 0.717) is 17.7 Å². The molecule has 0 aliphatic carbocycles. The smallest absolute Gasteiger partial charge is 0.345 e. The lowest BCUT2D eigenvalue weighted by Crippen LogP contribution is -2.27. The summed E-state index contributed by atoms with van der Waals surface area (Å²) in [6.07, 6.45) is 0.341. The first-order chi connectivity index (χ1) is 8.77. The van der Waals surface area contributed by atoms with Gasteiger partial charge in [-0.05, 0) is 25.8 Å². The van der Waals surface area contributed by atoms with E-state index in [1.54, 1.807) is 13.8 Å². The molecule has 0 bridgehead atoms. The van der Waals surface area contributed by atoms with E-state index in [-0.39, 0.29) is 16.3 Å². The predicted octanol–water partition coefficient (Wildman–Crippen LogP) is 1.19. The van der Waals surface area contributed by atoms with Crippen molar-refractivity contribution in [3.05, 3.63) is 15.8 Å². The topological polar surface area (TPSA) is 104 Å². The van der Waals surface area contributed by atoms with E-state index in [9.17, 15) is 18.3 Å². The molecule has 1 unspecified atom stereocenters. The second-order valence-corrected chi connectivity index (χ2v) is 7.08. The molecule has 0 aliphatic rings. The summed E-state index contributed by atoms with van der Waals surface area (Å²) in [6.45, 7) is 3.49. The van der Waals surface area contributed by atoms with Gasteiger partial charge < -0.3 is 10.2 Å². The third kappa shape index (κ3) is 4.27. The molecule has 3 N–H and O–H groups in total. The fraction of sp³-hybridized carbons (Fsp3) is 0.545. The third-order valence-electron chi connectivity index (χ3n) is 2.61. The first-order valence-electron chi connectivity index (χ1n) is 5.79. The van der Waals surface area contributed by atoms with Crippen molar-refractivity contribution in [1.82, 2.24) is 4.72 Å². The summed E-state index contributed by atoms with van der Waals surface area (Å²) in [6, 6.07) is 1.15. The second kappa shape index (κ2) is 6.47. The fourth-order valence-corrected chi connectivity index (χ4v) is 3.96. The Morgan fingerprint density at radius 3 is 2.63 bits per heavy atom. The van der Waals surface area contributed by atoms with E-state index in [2.05, 4.69) is 4.72 Å². The summed E-state index contributed by atoms with van der Waals surface area (Å²) in [5.74, 6) is -1.14. The number of rotatable bonds is 7. The van der Waals surface area contributed by atoms with Crippen LogP contribution < -0.4 is 4.72 Å². The molecule has 0 amide bonds. The van der Waals surface area contributed by atoms with Crippen LogP contribution in [0, 0.1) is 6.92 Å². The van der Waals surface area contributed by atoms with Crippen molar-refractivity contribution >= 4 is 27.3 Å². The van der Waals surface area contributed by atoms with E-state index < -0.39 is 22.1 Å². The number of carboxylic acids is 1. The fourth-order valence-electron chi connectivity index (χ4n) is 1.48. The van der Waals surface area contributed by atoms with Crippen LogP contribution in [0.25, 0.3) is 0 Å². The van der Waals surface area contributed by atoms with Gasteiger partial charge in [0.2, 0.25) is 10.0 Å². The van der Waals surface area contributed by atoms with E-state index in [4.69, 9.17) is 5.11 Å². The zero-order valence-corrected chi connectivity index (χ0v) is 12.3. The largest absolute Gasteiger partial charge is 0.477 e. The van der Waals surface area contributed by atoms with Crippen molar-refractivity contribution in [1.29, 1.82) is 0 Å². The Morgan fingerprint density at radius 2 is 2.16 bits per heavy atom. The molecule has 0 aromatic carbocycles. The van der Waals surface area contributed by atoms with Gasteiger partial charge in [-0.1, -0.05) is 6.92 Å². The maximum atomic E-state index is 12.0. The Morgan fingerprint density at radius 1 is 1.53 bits per heavy atom. The van der Waals surface area contributed by atoms with Crippen molar-refractivity contribution in [3.63, 3.8) is 0 Å². The minimum atomic E-state index is -3.72. The summed E-state index contributed by atoms with van der Waals surface area (Å²) >= 11 is 0.926. The van der Waals surface area contributed by atoms with E-state index in [1.165, 1.54) is 0 Å². The van der Waals surface area contributed by atoms with Crippen LogP contribution in [-0.4, -0.2) is 37.2 Å². The van der Waals surface area contributed by atoms with Gasteiger partial charge in [0, 0.05) is 11.4 Å². The average molecular weight is 307 g/mol. The molecule has 19 heavy (non-hydrogen) atoms. The number of hydrogen-bond acceptors (Lipinski definition) is 5. The maximum Gasteiger partial charge on any atom is 0.345 e. The number of thiophene rings is 1. The minimum absolute atomic E-state index is 0.00790. The molecule has 0 radical (unpaired) electrons. The highest BCUT2D eigenvalue weighted by molar-refractivity contribution is 7.89. The first kappa shape index (κ1) is 16.1. The zero-order valence-electron chi connectivity index (χ0n) is 10.7. The van der Waals surface area contributed by atoms with Crippen LogP contribution in [-0.2, 0) is 10.0 Å². The molecule has 1 heterocycles. The number of carbonyl (C=O) groups is 1. The monoisotopic (exact) mass is 307 g/mol. The van der Waals surface area contributed by atoms with Gasteiger partial charge in [0.05, 0.1) is 11.0 Å². The normalized spacial score (nSPS) is 13.4. The lowest BCUT2D eigenvalue weighted by atomic mass is 10.2. The molecule has 0 aliphatic heterocycles. The third-order valence-corrected chi connectivity index (χ3v) is 5.37. The van der Waals surface area contributed by atoms with Crippen molar-refractivity contribution < 1.29 is 23.4 Å². The van der Waals surface area contributed by atoms with Crippen LogP contribution in [0.1, 0.15) is 34.3 Å². The summed E-state index contributed by atoms with van der Waals surface area (Å²) < 4.78 is 26.3. The number of nitrogens with one attached hydrogen (secondary N) is 1. The predicted molar refractivity (Wildman–Crippen MR) is 72.1 cm³/mol. The highest BCUT2D eigenvalue weighted by Crippen LogP contribution is 2.25. The molecular formula is C11H17NO5S2. The van der Waals surface area contributed by atoms with Crippen LogP contribution in [0.15, 0.2) is 11.0 Å². The number of carboxylic acid groups (broad SMARTS) is 1. The van der Waals surface area contributed by atoms with Gasteiger partial charge >= 0.3 is 5.97 Å². The number of aliphatic hydroxyl groups excluding tert-OH is 1.